The van der Waals surface area contributed by atoms with Crippen LogP contribution in [0.1, 0.15) is 29.6 Å². The standard InChI is InChI=1S/C15H19NO4/c1-20-12-6-4-11(5-7-12)14(17)8-10-16-9-2-3-13(16)15(18)19/h4-7,13H,2-3,8-10H2,1H3,(H,18,19). The first-order valence-electron chi connectivity index (χ1n) is 6.76. The highest BCUT2D eigenvalue weighted by atomic mass is 16.5. The van der Waals surface area contributed by atoms with Gasteiger partial charge in [0.05, 0.1) is 7.11 Å². The number of carboxylic acids is 1. The third kappa shape index (κ3) is 3.36. The molecular weight excluding hydrogens is 258 g/mol. The van der Waals surface area contributed by atoms with Gasteiger partial charge in [-0.1, -0.05) is 0 Å². The van der Waals surface area contributed by atoms with Gasteiger partial charge in [-0.25, -0.2) is 0 Å². The van der Waals surface area contributed by atoms with E-state index in [1.165, 1.54) is 0 Å². The Hall–Kier alpha value is -1.88. The zero-order chi connectivity index (χ0) is 14.5. The quantitative estimate of drug-likeness (QED) is 0.803. The fourth-order valence-electron chi connectivity index (χ4n) is 2.54. The van der Waals surface area contributed by atoms with Crippen molar-refractivity contribution < 1.29 is 19.4 Å². The number of rotatable bonds is 6. The average molecular weight is 277 g/mol. The fraction of sp³-hybridized carbons (Fsp3) is 0.467. The third-order valence-electron chi connectivity index (χ3n) is 3.69. The second kappa shape index (κ2) is 6.52. The van der Waals surface area contributed by atoms with E-state index in [2.05, 4.69) is 0 Å². The van der Waals surface area contributed by atoms with Gasteiger partial charge in [0.25, 0.3) is 0 Å². The van der Waals surface area contributed by atoms with Gasteiger partial charge in [-0.2, -0.15) is 0 Å². The van der Waals surface area contributed by atoms with Crippen LogP contribution in [-0.4, -0.2) is 48.0 Å². The SMILES string of the molecule is COc1ccc(C(=O)CCN2CCCC2C(=O)O)cc1. The molecule has 5 heteroatoms. The predicted molar refractivity (Wildman–Crippen MR) is 74.2 cm³/mol. The van der Waals surface area contributed by atoms with Crippen LogP contribution in [0.2, 0.25) is 0 Å². The van der Waals surface area contributed by atoms with Crippen LogP contribution in [0.4, 0.5) is 0 Å². The summed E-state index contributed by atoms with van der Waals surface area (Å²) in [6.45, 7) is 1.26. The molecule has 2 rings (SSSR count). The molecule has 1 unspecified atom stereocenters. The summed E-state index contributed by atoms with van der Waals surface area (Å²) in [5, 5.41) is 9.08. The van der Waals surface area contributed by atoms with Crippen molar-refractivity contribution in [3.05, 3.63) is 29.8 Å². The molecule has 1 N–H and O–H groups in total. The van der Waals surface area contributed by atoms with Crippen LogP contribution in [0.5, 0.6) is 5.75 Å². The minimum Gasteiger partial charge on any atom is -0.497 e. The number of benzene rings is 1. The molecule has 0 aromatic heterocycles. The Balaban J connectivity index is 1.89. The van der Waals surface area contributed by atoms with Gasteiger partial charge in [-0.05, 0) is 43.7 Å². The minimum absolute atomic E-state index is 0.0312. The van der Waals surface area contributed by atoms with Gasteiger partial charge in [0.2, 0.25) is 0 Å². The molecule has 1 aromatic rings. The number of Topliss-reactive ketones (excluding diaryl/α,β-unsaturated/α-hetero) is 1. The van der Waals surface area contributed by atoms with E-state index in [1.54, 1.807) is 31.4 Å². The van der Waals surface area contributed by atoms with Gasteiger partial charge in [0, 0.05) is 18.5 Å². The Labute approximate surface area is 118 Å². The van der Waals surface area contributed by atoms with Gasteiger partial charge in [0.1, 0.15) is 11.8 Å². The Morgan fingerprint density at radius 1 is 1.35 bits per heavy atom. The Morgan fingerprint density at radius 3 is 2.65 bits per heavy atom. The summed E-state index contributed by atoms with van der Waals surface area (Å²) in [5.41, 5.74) is 0.636. The Bertz CT molecular complexity index is 483. The Morgan fingerprint density at radius 2 is 2.05 bits per heavy atom. The Kier molecular flexibility index (Phi) is 4.74. The number of hydrogen-bond donors (Lipinski definition) is 1. The zero-order valence-electron chi connectivity index (χ0n) is 11.5. The molecule has 20 heavy (non-hydrogen) atoms. The van der Waals surface area contributed by atoms with Crippen LogP contribution >= 0.6 is 0 Å². The van der Waals surface area contributed by atoms with Gasteiger partial charge >= 0.3 is 5.97 Å². The number of aliphatic carboxylic acids is 1. The van der Waals surface area contributed by atoms with Crippen LogP contribution in [0.25, 0.3) is 0 Å². The highest BCUT2D eigenvalue weighted by Gasteiger charge is 2.30. The van der Waals surface area contributed by atoms with E-state index in [0.717, 1.165) is 13.0 Å². The second-order valence-corrected chi connectivity index (χ2v) is 4.93. The highest BCUT2D eigenvalue weighted by Crippen LogP contribution is 2.18. The number of methoxy groups -OCH3 is 1. The van der Waals surface area contributed by atoms with Crippen LogP contribution in [0.3, 0.4) is 0 Å². The molecule has 1 atom stereocenters. The number of nitrogens with zero attached hydrogens (tertiary/aromatic N) is 1. The van der Waals surface area contributed by atoms with E-state index >= 15 is 0 Å². The first-order valence-corrected chi connectivity index (χ1v) is 6.76. The zero-order valence-corrected chi connectivity index (χ0v) is 11.5. The molecule has 0 amide bonds. The van der Waals surface area contributed by atoms with Crippen molar-refractivity contribution in [1.29, 1.82) is 0 Å². The molecule has 1 heterocycles. The maximum atomic E-state index is 12.1. The molecule has 0 aliphatic carbocycles. The van der Waals surface area contributed by atoms with Crippen molar-refractivity contribution >= 4 is 11.8 Å². The molecule has 108 valence electrons. The second-order valence-electron chi connectivity index (χ2n) is 4.93. The van der Waals surface area contributed by atoms with Gasteiger partial charge in [-0.15, -0.1) is 0 Å². The van der Waals surface area contributed by atoms with E-state index in [0.29, 0.717) is 30.7 Å². The molecule has 1 saturated heterocycles. The lowest BCUT2D eigenvalue weighted by Gasteiger charge is -2.20. The van der Waals surface area contributed by atoms with Gasteiger partial charge < -0.3 is 9.84 Å². The average Bonchev–Trinajstić information content (AvgIpc) is 2.93. The van der Waals surface area contributed by atoms with Crippen molar-refractivity contribution in [2.24, 2.45) is 0 Å². The molecule has 1 aliphatic rings. The molecule has 0 spiro atoms. The first kappa shape index (κ1) is 14.5. The number of likely N-dealkylation sites (tertiary alicyclic amines) is 1. The summed E-state index contributed by atoms with van der Waals surface area (Å²) in [4.78, 5) is 25.0. The van der Waals surface area contributed by atoms with Crippen molar-refractivity contribution in [3.63, 3.8) is 0 Å². The van der Waals surface area contributed by atoms with E-state index in [-0.39, 0.29) is 5.78 Å². The van der Waals surface area contributed by atoms with Crippen molar-refractivity contribution in [2.75, 3.05) is 20.2 Å². The van der Waals surface area contributed by atoms with Crippen molar-refractivity contribution in [1.82, 2.24) is 4.90 Å². The molecule has 1 aromatic carbocycles. The topological polar surface area (TPSA) is 66.8 Å². The number of hydrogen-bond acceptors (Lipinski definition) is 4. The normalized spacial score (nSPS) is 18.9. The molecular formula is C15H19NO4. The molecule has 1 fully saturated rings. The molecule has 0 bridgehead atoms. The van der Waals surface area contributed by atoms with E-state index in [1.807, 2.05) is 4.90 Å². The monoisotopic (exact) mass is 277 g/mol. The van der Waals surface area contributed by atoms with Crippen LogP contribution < -0.4 is 4.74 Å². The first-order chi connectivity index (χ1) is 9.61. The molecule has 5 nitrogen and oxygen atoms in total. The lowest BCUT2D eigenvalue weighted by atomic mass is 10.1. The smallest absolute Gasteiger partial charge is 0.320 e. The fourth-order valence-corrected chi connectivity index (χ4v) is 2.54. The van der Waals surface area contributed by atoms with E-state index in [9.17, 15) is 9.59 Å². The summed E-state index contributed by atoms with van der Waals surface area (Å²) in [5.74, 6) is -0.0462. The number of ether oxygens (including phenoxy) is 1. The summed E-state index contributed by atoms with van der Waals surface area (Å²) < 4.78 is 5.05. The lowest BCUT2D eigenvalue weighted by Crippen LogP contribution is -2.37. The lowest BCUT2D eigenvalue weighted by molar-refractivity contribution is -0.142. The summed E-state index contributed by atoms with van der Waals surface area (Å²) >= 11 is 0. The number of carboxylic acid groups (broad SMARTS) is 1. The van der Waals surface area contributed by atoms with E-state index in [4.69, 9.17) is 9.84 Å². The number of carbonyl (C=O) groups excluding carboxylic acids is 1. The molecule has 1 aliphatic heterocycles. The summed E-state index contributed by atoms with van der Waals surface area (Å²) in [7, 11) is 1.58. The largest absolute Gasteiger partial charge is 0.497 e. The van der Waals surface area contributed by atoms with E-state index < -0.39 is 12.0 Å². The maximum Gasteiger partial charge on any atom is 0.320 e. The van der Waals surface area contributed by atoms with Crippen molar-refractivity contribution in [2.45, 2.75) is 25.3 Å². The summed E-state index contributed by atoms with van der Waals surface area (Å²) in [6, 6.07) is 6.55. The number of carbonyl (C=O) groups is 2. The maximum absolute atomic E-state index is 12.1. The number of ketones is 1. The molecule has 0 saturated carbocycles. The molecule has 0 radical (unpaired) electrons. The highest BCUT2D eigenvalue weighted by molar-refractivity contribution is 5.96. The van der Waals surface area contributed by atoms with Crippen molar-refractivity contribution in [3.8, 4) is 5.75 Å². The summed E-state index contributed by atoms with van der Waals surface area (Å²) in [6.07, 6.45) is 1.90. The van der Waals surface area contributed by atoms with Crippen LogP contribution in [-0.2, 0) is 4.79 Å². The van der Waals surface area contributed by atoms with Gasteiger partial charge in [-0.3, -0.25) is 14.5 Å². The van der Waals surface area contributed by atoms with Gasteiger partial charge in [0.15, 0.2) is 5.78 Å². The predicted octanol–water partition coefficient (Wildman–Crippen LogP) is 1.82. The third-order valence-corrected chi connectivity index (χ3v) is 3.69. The van der Waals surface area contributed by atoms with Crippen LogP contribution in [0.15, 0.2) is 24.3 Å². The van der Waals surface area contributed by atoms with Crippen LogP contribution in [0, 0.1) is 0 Å². The minimum atomic E-state index is -0.792.